The van der Waals surface area contributed by atoms with Gasteiger partial charge in [-0.25, -0.2) is 0 Å². The summed E-state index contributed by atoms with van der Waals surface area (Å²) in [4.78, 5) is 30.5. The third-order valence-corrected chi connectivity index (χ3v) is 7.17. The van der Waals surface area contributed by atoms with Crippen molar-refractivity contribution in [2.24, 2.45) is 0 Å². The molecular formula is C31H42N2O4. The van der Waals surface area contributed by atoms with Crippen LogP contribution >= 0.6 is 0 Å². The smallest absolute Gasteiger partial charge is 0.295 e. The van der Waals surface area contributed by atoms with Crippen LogP contribution < -0.4 is 4.74 Å². The Hall–Kier alpha value is -3.12. The van der Waals surface area contributed by atoms with Gasteiger partial charge in [-0.1, -0.05) is 63.4 Å². The quantitative estimate of drug-likeness (QED) is 0.156. The van der Waals surface area contributed by atoms with Gasteiger partial charge in [-0.05, 0) is 75.6 Å². The summed E-state index contributed by atoms with van der Waals surface area (Å²) in [6.07, 6.45) is 4.00. The lowest BCUT2D eigenvalue weighted by atomic mass is 9.93. The minimum Gasteiger partial charge on any atom is -0.507 e. The van der Waals surface area contributed by atoms with E-state index in [4.69, 9.17) is 4.74 Å². The molecule has 1 N–H and O–H groups in total. The standard InChI is InChI=1S/C31H42N2O4/c1-6-9-10-20-37-25-16-14-24(15-17-25)28-27(29(34)26-21-22(4)12-13-23(26)5)30(35)31(36)33(28)19-11-18-32(7-2)8-3/h12-17,21,28,34H,6-11,18-20H2,1-5H3. The van der Waals surface area contributed by atoms with E-state index in [2.05, 4.69) is 25.7 Å². The molecule has 1 amide bonds. The van der Waals surface area contributed by atoms with E-state index in [0.717, 1.165) is 67.8 Å². The molecule has 1 heterocycles. The number of hydrogen-bond acceptors (Lipinski definition) is 5. The van der Waals surface area contributed by atoms with Crippen molar-refractivity contribution in [2.75, 3.05) is 32.8 Å². The Bertz CT molecular complexity index is 1100. The van der Waals surface area contributed by atoms with Crippen LogP contribution in [0.5, 0.6) is 5.75 Å². The molecule has 1 fully saturated rings. The van der Waals surface area contributed by atoms with Crippen LogP contribution in [0.1, 0.15) is 74.8 Å². The van der Waals surface area contributed by atoms with E-state index in [0.29, 0.717) is 18.7 Å². The van der Waals surface area contributed by atoms with Crippen molar-refractivity contribution in [3.63, 3.8) is 0 Å². The molecule has 1 unspecified atom stereocenters. The van der Waals surface area contributed by atoms with E-state index in [9.17, 15) is 14.7 Å². The predicted molar refractivity (Wildman–Crippen MR) is 149 cm³/mol. The molecule has 2 aromatic rings. The second-order valence-corrected chi connectivity index (χ2v) is 9.82. The van der Waals surface area contributed by atoms with Gasteiger partial charge in [0.15, 0.2) is 0 Å². The summed E-state index contributed by atoms with van der Waals surface area (Å²) in [7, 11) is 0. The molecule has 200 valence electrons. The summed E-state index contributed by atoms with van der Waals surface area (Å²) >= 11 is 0. The van der Waals surface area contributed by atoms with Crippen molar-refractivity contribution in [1.82, 2.24) is 9.80 Å². The minimum atomic E-state index is -0.647. The zero-order valence-electron chi connectivity index (χ0n) is 23.0. The molecule has 6 nitrogen and oxygen atoms in total. The third kappa shape index (κ3) is 6.80. The van der Waals surface area contributed by atoms with Gasteiger partial charge >= 0.3 is 0 Å². The monoisotopic (exact) mass is 506 g/mol. The van der Waals surface area contributed by atoms with Crippen LogP contribution in [0.15, 0.2) is 48.0 Å². The van der Waals surface area contributed by atoms with Crippen molar-refractivity contribution in [2.45, 2.75) is 66.3 Å². The largest absolute Gasteiger partial charge is 0.507 e. The number of unbranched alkanes of at least 4 members (excludes halogenated alkanes) is 2. The number of aliphatic hydroxyl groups is 1. The summed E-state index contributed by atoms with van der Waals surface area (Å²) in [5.41, 5.74) is 3.35. The molecule has 0 aliphatic carbocycles. The lowest BCUT2D eigenvalue weighted by molar-refractivity contribution is -0.140. The molecule has 0 spiro atoms. The summed E-state index contributed by atoms with van der Waals surface area (Å²) in [5, 5.41) is 11.4. The van der Waals surface area contributed by atoms with Crippen LogP contribution in [0, 0.1) is 13.8 Å². The van der Waals surface area contributed by atoms with Gasteiger partial charge in [-0.15, -0.1) is 0 Å². The second kappa shape index (κ2) is 13.4. The van der Waals surface area contributed by atoms with E-state index < -0.39 is 17.7 Å². The number of benzene rings is 2. The van der Waals surface area contributed by atoms with E-state index >= 15 is 0 Å². The molecule has 1 atom stereocenters. The number of amides is 1. The number of ketones is 1. The fraction of sp³-hybridized carbons (Fsp3) is 0.484. The number of aryl methyl sites for hydroxylation is 2. The Kier molecular flexibility index (Phi) is 10.3. The number of aliphatic hydroxyl groups excluding tert-OH is 1. The number of ether oxygens (including phenoxy) is 1. The van der Waals surface area contributed by atoms with Gasteiger partial charge in [-0.2, -0.15) is 0 Å². The Balaban J connectivity index is 1.98. The third-order valence-electron chi connectivity index (χ3n) is 7.17. The van der Waals surface area contributed by atoms with Crippen LogP contribution in [-0.4, -0.2) is 59.4 Å². The maximum Gasteiger partial charge on any atom is 0.295 e. The molecule has 37 heavy (non-hydrogen) atoms. The first-order valence-corrected chi connectivity index (χ1v) is 13.6. The summed E-state index contributed by atoms with van der Waals surface area (Å²) < 4.78 is 5.87. The first-order chi connectivity index (χ1) is 17.8. The van der Waals surface area contributed by atoms with Crippen LogP contribution in [0.3, 0.4) is 0 Å². The highest BCUT2D eigenvalue weighted by Crippen LogP contribution is 2.40. The maximum atomic E-state index is 13.3. The SMILES string of the molecule is CCCCCOc1ccc(C2C(=C(O)c3cc(C)ccc3C)C(=O)C(=O)N2CCCN(CC)CC)cc1. The van der Waals surface area contributed by atoms with E-state index in [-0.39, 0.29) is 11.3 Å². The zero-order valence-corrected chi connectivity index (χ0v) is 23.0. The van der Waals surface area contributed by atoms with Gasteiger partial charge in [0.05, 0.1) is 18.2 Å². The number of carbonyl (C=O) groups is 2. The van der Waals surface area contributed by atoms with Crippen molar-refractivity contribution in [1.29, 1.82) is 0 Å². The fourth-order valence-electron chi connectivity index (χ4n) is 4.89. The van der Waals surface area contributed by atoms with Crippen LogP contribution in [-0.2, 0) is 9.59 Å². The summed E-state index contributed by atoms with van der Waals surface area (Å²) in [5.74, 6) is -0.550. The Morgan fingerprint density at radius 3 is 2.32 bits per heavy atom. The van der Waals surface area contributed by atoms with Gasteiger partial charge in [-0.3, -0.25) is 9.59 Å². The predicted octanol–water partition coefficient (Wildman–Crippen LogP) is 6.03. The van der Waals surface area contributed by atoms with Gasteiger partial charge in [0.1, 0.15) is 11.5 Å². The first-order valence-electron chi connectivity index (χ1n) is 13.6. The van der Waals surface area contributed by atoms with Crippen molar-refractivity contribution >= 4 is 17.4 Å². The summed E-state index contributed by atoms with van der Waals surface area (Å²) in [6.45, 7) is 14.0. The molecule has 1 aliphatic heterocycles. The zero-order chi connectivity index (χ0) is 26.9. The molecule has 1 aliphatic rings. The van der Waals surface area contributed by atoms with Crippen LogP contribution in [0.4, 0.5) is 0 Å². The Morgan fingerprint density at radius 1 is 0.973 bits per heavy atom. The molecule has 2 aromatic carbocycles. The number of rotatable bonds is 13. The maximum absolute atomic E-state index is 13.3. The van der Waals surface area contributed by atoms with Crippen molar-refractivity contribution in [3.8, 4) is 5.75 Å². The van der Waals surface area contributed by atoms with E-state index in [1.807, 2.05) is 56.3 Å². The highest BCUT2D eigenvalue weighted by molar-refractivity contribution is 6.46. The van der Waals surface area contributed by atoms with Crippen molar-refractivity contribution < 1.29 is 19.4 Å². The molecule has 0 bridgehead atoms. The van der Waals surface area contributed by atoms with Crippen LogP contribution in [0.25, 0.3) is 5.76 Å². The normalized spacial score (nSPS) is 17.1. The van der Waals surface area contributed by atoms with Gasteiger partial charge in [0.2, 0.25) is 0 Å². The lowest BCUT2D eigenvalue weighted by Gasteiger charge is -2.27. The Labute approximate surface area is 221 Å². The number of likely N-dealkylation sites (tertiary alicyclic amines) is 1. The van der Waals surface area contributed by atoms with E-state index in [1.54, 1.807) is 4.90 Å². The topological polar surface area (TPSA) is 70.1 Å². The fourth-order valence-corrected chi connectivity index (χ4v) is 4.89. The molecule has 0 aromatic heterocycles. The highest BCUT2D eigenvalue weighted by atomic mass is 16.5. The van der Waals surface area contributed by atoms with Gasteiger partial charge < -0.3 is 19.6 Å². The molecule has 3 rings (SSSR count). The molecule has 6 heteroatoms. The number of Topliss-reactive ketones (excluding diaryl/α,β-unsaturated/α-hetero) is 1. The average molecular weight is 507 g/mol. The summed E-state index contributed by atoms with van der Waals surface area (Å²) in [6, 6.07) is 12.7. The van der Waals surface area contributed by atoms with E-state index in [1.165, 1.54) is 0 Å². The molecule has 1 saturated heterocycles. The van der Waals surface area contributed by atoms with Crippen molar-refractivity contribution in [3.05, 3.63) is 70.3 Å². The Morgan fingerprint density at radius 2 is 1.68 bits per heavy atom. The first kappa shape index (κ1) is 28.5. The molecule has 0 radical (unpaired) electrons. The number of carbonyl (C=O) groups excluding carboxylic acids is 2. The highest BCUT2D eigenvalue weighted by Gasteiger charge is 2.46. The average Bonchev–Trinajstić information content (AvgIpc) is 3.15. The van der Waals surface area contributed by atoms with Crippen LogP contribution in [0.2, 0.25) is 0 Å². The number of nitrogens with zero attached hydrogens (tertiary/aromatic N) is 2. The van der Waals surface area contributed by atoms with Gasteiger partial charge in [0, 0.05) is 12.1 Å². The molecular weight excluding hydrogens is 464 g/mol. The minimum absolute atomic E-state index is 0.115. The lowest BCUT2D eigenvalue weighted by Crippen LogP contribution is -2.33. The number of hydrogen-bond donors (Lipinski definition) is 1. The van der Waals surface area contributed by atoms with Gasteiger partial charge in [0.25, 0.3) is 11.7 Å². The second-order valence-electron chi connectivity index (χ2n) is 9.82. The molecule has 0 saturated carbocycles.